The van der Waals surface area contributed by atoms with Gasteiger partial charge < -0.3 is 0 Å². The zero-order chi connectivity index (χ0) is 21.2. The molecule has 6 nitrogen and oxygen atoms in total. The predicted molar refractivity (Wildman–Crippen MR) is 112 cm³/mol. The number of carbonyl (C=O) groups is 2. The fourth-order valence-electron chi connectivity index (χ4n) is 3.60. The summed E-state index contributed by atoms with van der Waals surface area (Å²) in [7, 11) is 1.71. The molecular formula is C21H11Cl2FN4O2. The molecule has 0 aliphatic carbocycles. The average molecular weight is 441 g/mol. The van der Waals surface area contributed by atoms with Gasteiger partial charge in [-0.3, -0.25) is 9.59 Å². The Labute approximate surface area is 179 Å². The maximum atomic E-state index is 13.6. The molecule has 0 spiro atoms. The number of amides is 2. The maximum absolute atomic E-state index is 13.6. The molecule has 148 valence electrons. The van der Waals surface area contributed by atoms with Crippen LogP contribution in [0.25, 0.3) is 22.3 Å². The summed E-state index contributed by atoms with van der Waals surface area (Å²) in [5.74, 6) is -1.75. The Bertz CT molecular complexity index is 1380. The number of aryl methyl sites for hydroxylation is 1. The number of benzene rings is 2. The first kappa shape index (κ1) is 18.7. The van der Waals surface area contributed by atoms with E-state index in [0.717, 1.165) is 16.5 Å². The minimum atomic E-state index is -0.640. The molecule has 4 aromatic rings. The van der Waals surface area contributed by atoms with Gasteiger partial charge in [0.15, 0.2) is 5.65 Å². The van der Waals surface area contributed by atoms with Gasteiger partial charge in [0, 0.05) is 23.8 Å². The highest BCUT2D eigenvalue weighted by Gasteiger charge is 2.40. The first-order valence-electron chi connectivity index (χ1n) is 8.82. The highest BCUT2D eigenvalue weighted by molar-refractivity contribution is 6.38. The summed E-state index contributed by atoms with van der Waals surface area (Å²) in [6.07, 6.45) is 1.36. The van der Waals surface area contributed by atoms with E-state index in [4.69, 9.17) is 23.2 Å². The zero-order valence-electron chi connectivity index (χ0n) is 15.4. The van der Waals surface area contributed by atoms with Crippen LogP contribution in [0.2, 0.25) is 10.0 Å². The van der Waals surface area contributed by atoms with Gasteiger partial charge in [0.25, 0.3) is 11.8 Å². The second-order valence-electron chi connectivity index (χ2n) is 6.77. The summed E-state index contributed by atoms with van der Waals surface area (Å²) in [5, 5.41) is 5.35. The molecule has 0 radical (unpaired) electrons. The number of anilines is 1. The van der Waals surface area contributed by atoms with E-state index in [1.54, 1.807) is 36.0 Å². The Morgan fingerprint density at radius 2 is 1.73 bits per heavy atom. The molecule has 0 unspecified atom stereocenters. The van der Waals surface area contributed by atoms with E-state index in [1.165, 1.54) is 18.3 Å². The zero-order valence-corrected chi connectivity index (χ0v) is 16.9. The third kappa shape index (κ3) is 2.63. The molecule has 1 aliphatic rings. The second-order valence-corrected chi connectivity index (χ2v) is 7.61. The summed E-state index contributed by atoms with van der Waals surface area (Å²) in [6, 6.07) is 10.7. The predicted octanol–water partition coefficient (Wildman–Crippen LogP) is 4.88. The van der Waals surface area contributed by atoms with Crippen molar-refractivity contribution >= 4 is 51.7 Å². The van der Waals surface area contributed by atoms with E-state index in [-0.39, 0.29) is 21.8 Å². The van der Waals surface area contributed by atoms with Crippen LogP contribution in [0.5, 0.6) is 0 Å². The Balaban J connectivity index is 1.75. The van der Waals surface area contributed by atoms with Gasteiger partial charge in [-0.1, -0.05) is 35.3 Å². The lowest BCUT2D eigenvalue weighted by atomic mass is 10.0. The lowest BCUT2D eigenvalue weighted by Crippen LogP contribution is -2.29. The fraction of sp³-hybridized carbons (Fsp3) is 0.0476. The minimum absolute atomic E-state index is 0.149. The van der Waals surface area contributed by atoms with Crippen LogP contribution in [0.1, 0.15) is 20.7 Å². The van der Waals surface area contributed by atoms with Crippen molar-refractivity contribution in [2.45, 2.75) is 0 Å². The standard InChI is InChI=1S/C21H11Cl2FN4O2/c1-27-19-17(18(26-27)10-2-4-11(22)5-3-10)16-13(9-25-19)20(29)28(21(16)30)12-6-7-15(24)14(23)8-12/h2-9H,1H3. The van der Waals surface area contributed by atoms with Crippen LogP contribution in [-0.2, 0) is 7.05 Å². The summed E-state index contributed by atoms with van der Waals surface area (Å²) in [5.41, 5.74) is 2.22. The molecular weight excluding hydrogens is 430 g/mol. The van der Waals surface area contributed by atoms with Gasteiger partial charge in [0.1, 0.15) is 11.5 Å². The Morgan fingerprint density at radius 1 is 1.00 bits per heavy atom. The summed E-state index contributed by atoms with van der Waals surface area (Å²) in [4.78, 5) is 31.7. The fourth-order valence-corrected chi connectivity index (χ4v) is 3.90. The molecule has 0 N–H and O–H groups in total. The number of carbonyl (C=O) groups excluding carboxylic acids is 2. The van der Waals surface area contributed by atoms with E-state index in [9.17, 15) is 14.0 Å². The minimum Gasteiger partial charge on any atom is -0.268 e. The van der Waals surface area contributed by atoms with Gasteiger partial charge in [0.2, 0.25) is 0 Å². The molecule has 2 aromatic carbocycles. The quantitative estimate of drug-likeness (QED) is 0.416. The first-order chi connectivity index (χ1) is 14.4. The molecule has 3 heterocycles. The van der Waals surface area contributed by atoms with Crippen LogP contribution >= 0.6 is 23.2 Å². The van der Waals surface area contributed by atoms with Crippen molar-refractivity contribution in [2.24, 2.45) is 7.05 Å². The topological polar surface area (TPSA) is 68.1 Å². The molecule has 1 aliphatic heterocycles. The van der Waals surface area contributed by atoms with E-state index in [0.29, 0.717) is 21.7 Å². The van der Waals surface area contributed by atoms with E-state index in [1.807, 2.05) is 0 Å². The normalized spacial score (nSPS) is 13.4. The Hall–Kier alpha value is -3.29. The van der Waals surface area contributed by atoms with Gasteiger partial charge in [0.05, 0.1) is 27.2 Å². The molecule has 0 atom stereocenters. The average Bonchev–Trinajstić information content (AvgIpc) is 3.19. The van der Waals surface area contributed by atoms with Gasteiger partial charge >= 0.3 is 0 Å². The van der Waals surface area contributed by atoms with Gasteiger partial charge in [-0.05, 0) is 30.3 Å². The Morgan fingerprint density at radius 3 is 2.43 bits per heavy atom. The number of nitrogens with zero attached hydrogens (tertiary/aromatic N) is 4. The van der Waals surface area contributed by atoms with Crippen molar-refractivity contribution < 1.29 is 14.0 Å². The summed E-state index contributed by atoms with van der Waals surface area (Å²) in [6.45, 7) is 0. The third-order valence-electron chi connectivity index (χ3n) is 4.98. The number of hydrogen-bond acceptors (Lipinski definition) is 4. The van der Waals surface area contributed by atoms with Crippen LogP contribution in [0.15, 0.2) is 48.7 Å². The lowest BCUT2D eigenvalue weighted by Gasteiger charge is -2.14. The second kappa shape index (κ2) is 6.62. The monoisotopic (exact) mass is 440 g/mol. The number of aromatic nitrogens is 3. The molecule has 5 rings (SSSR count). The number of halogens is 3. The van der Waals surface area contributed by atoms with Crippen LogP contribution in [0.3, 0.4) is 0 Å². The van der Waals surface area contributed by atoms with Crippen molar-refractivity contribution in [2.75, 3.05) is 4.90 Å². The van der Waals surface area contributed by atoms with Crippen LogP contribution in [0, 0.1) is 5.82 Å². The van der Waals surface area contributed by atoms with Gasteiger partial charge in [-0.2, -0.15) is 5.10 Å². The molecule has 2 aromatic heterocycles. The van der Waals surface area contributed by atoms with Crippen molar-refractivity contribution in [3.8, 4) is 11.3 Å². The van der Waals surface area contributed by atoms with Crippen LogP contribution in [-0.4, -0.2) is 26.6 Å². The number of fused-ring (bicyclic) bond motifs is 3. The third-order valence-corrected chi connectivity index (χ3v) is 5.52. The van der Waals surface area contributed by atoms with Crippen LogP contribution < -0.4 is 4.90 Å². The van der Waals surface area contributed by atoms with Gasteiger partial charge in [-0.15, -0.1) is 0 Å². The molecule has 0 saturated heterocycles. The maximum Gasteiger partial charge on any atom is 0.267 e. The molecule has 0 fully saturated rings. The van der Waals surface area contributed by atoms with Gasteiger partial charge in [-0.25, -0.2) is 19.0 Å². The lowest BCUT2D eigenvalue weighted by molar-refractivity contribution is 0.0926. The van der Waals surface area contributed by atoms with Crippen LogP contribution in [0.4, 0.5) is 10.1 Å². The summed E-state index contributed by atoms with van der Waals surface area (Å²) < 4.78 is 15.1. The smallest absolute Gasteiger partial charge is 0.267 e. The highest BCUT2D eigenvalue weighted by atomic mass is 35.5. The number of hydrogen-bond donors (Lipinski definition) is 0. The molecule has 0 saturated carbocycles. The van der Waals surface area contributed by atoms with E-state index >= 15 is 0 Å². The van der Waals surface area contributed by atoms with Crippen molar-refractivity contribution in [3.63, 3.8) is 0 Å². The van der Waals surface area contributed by atoms with Crippen molar-refractivity contribution in [1.29, 1.82) is 0 Å². The number of imide groups is 1. The van der Waals surface area contributed by atoms with Crippen molar-refractivity contribution in [1.82, 2.24) is 14.8 Å². The van der Waals surface area contributed by atoms with E-state index < -0.39 is 17.6 Å². The van der Waals surface area contributed by atoms with E-state index in [2.05, 4.69) is 10.1 Å². The van der Waals surface area contributed by atoms with Crippen molar-refractivity contribution in [3.05, 3.63) is 75.7 Å². The Kier molecular flexibility index (Phi) is 4.13. The largest absolute Gasteiger partial charge is 0.268 e. The molecule has 0 bridgehead atoms. The molecule has 9 heteroatoms. The number of pyridine rings is 1. The molecule has 2 amide bonds. The number of rotatable bonds is 2. The molecule has 30 heavy (non-hydrogen) atoms. The highest BCUT2D eigenvalue weighted by Crippen LogP contribution is 2.37. The SMILES string of the molecule is Cn1nc(-c2ccc(Cl)cc2)c2c3c(cnc21)C(=O)N(c1ccc(F)c(Cl)c1)C3=O. The first-order valence-corrected chi connectivity index (χ1v) is 9.58. The summed E-state index contributed by atoms with van der Waals surface area (Å²) >= 11 is 11.8.